The van der Waals surface area contributed by atoms with Crippen LogP contribution in [0, 0.1) is 0 Å². The average molecular weight is 244 g/mol. The summed E-state index contributed by atoms with van der Waals surface area (Å²) in [5.41, 5.74) is 2.41. The smallest absolute Gasteiger partial charge is 0.243 e. The van der Waals surface area contributed by atoms with Crippen molar-refractivity contribution in [1.82, 2.24) is 5.32 Å². The molecule has 0 spiro atoms. The van der Waals surface area contributed by atoms with Crippen molar-refractivity contribution in [3.05, 3.63) is 29.8 Å². The summed E-state index contributed by atoms with van der Waals surface area (Å²) in [7, 11) is 1.87. The van der Waals surface area contributed by atoms with E-state index >= 15 is 0 Å². The molecule has 1 atom stereocenters. The maximum Gasteiger partial charge on any atom is 0.243 e. The fourth-order valence-corrected chi connectivity index (χ4v) is 2.64. The second-order valence-electron chi connectivity index (χ2n) is 5.41. The van der Waals surface area contributed by atoms with Crippen molar-refractivity contribution >= 4 is 11.6 Å². The molecule has 3 heteroatoms. The highest BCUT2D eigenvalue weighted by atomic mass is 16.2. The van der Waals surface area contributed by atoms with Crippen LogP contribution in [0.15, 0.2) is 24.3 Å². The van der Waals surface area contributed by atoms with Crippen LogP contribution in [-0.2, 0) is 4.79 Å². The van der Waals surface area contributed by atoms with Crippen molar-refractivity contribution in [1.29, 1.82) is 0 Å². The monoisotopic (exact) mass is 244 g/mol. The standard InChI is InChI=1S/C15H20N2O/c1-17(15(18)14-3-2-10-16-14)13-8-6-12(7-9-13)11-4-5-11/h6-9,11,14,16H,2-5,10H2,1H3. The Hall–Kier alpha value is -1.35. The van der Waals surface area contributed by atoms with Gasteiger partial charge >= 0.3 is 0 Å². The van der Waals surface area contributed by atoms with Gasteiger partial charge in [0.25, 0.3) is 0 Å². The lowest BCUT2D eigenvalue weighted by Crippen LogP contribution is -2.41. The Morgan fingerprint density at radius 2 is 1.94 bits per heavy atom. The van der Waals surface area contributed by atoms with Gasteiger partial charge in [-0.25, -0.2) is 0 Å². The molecule has 1 aliphatic heterocycles. The van der Waals surface area contributed by atoms with Crippen LogP contribution in [0.3, 0.4) is 0 Å². The molecule has 0 radical (unpaired) electrons. The number of amides is 1. The molecule has 0 bridgehead atoms. The minimum atomic E-state index is 0.0121. The summed E-state index contributed by atoms with van der Waals surface area (Å²) < 4.78 is 0. The maximum absolute atomic E-state index is 12.2. The third-order valence-corrected chi connectivity index (χ3v) is 4.02. The topological polar surface area (TPSA) is 32.3 Å². The molecule has 1 aromatic carbocycles. The van der Waals surface area contributed by atoms with Gasteiger partial charge < -0.3 is 10.2 Å². The molecular formula is C15H20N2O. The zero-order chi connectivity index (χ0) is 12.5. The Morgan fingerprint density at radius 1 is 1.22 bits per heavy atom. The summed E-state index contributed by atoms with van der Waals surface area (Å²) in [6.45, 7) is 0.963. The maximum atomic E-state index is 12.2. The van der Waals surface area contributed by atoms with Gasteiger partial charge in [0.2, 0.25) is 5.91 Å². The molecule has 1 saturated heterocycles. The molecule has 2 aliphatic rings. The Morgan fingerprint density at radius 3 is 2.50 bits per heavy atom. The predicted octanol–water partition coefficient (Wildman–Crippen LogP) is 2.28. The van der Waals surface area contributed by atoms with Gasteiger partial charge in [-0.3, -0.25) is 4.79 Å². The van der Waals surface area contributed by atoms with E-state index in [0.29, 0.717) is 0 Å². The first-order valence-corrected chi connectivity index (χ1v) is 6.86. The Balaban J connectivity index is 1.70. The van der Waals surface area contributed by atoms with E-state index in [1.165, 1.54) is 18.4 Å². The average Bonchev–Trinajstić information content (AvgIpc) is 3.12. The minimum Gasteiger partial charge on any atom is -0.314 e. The van der Waals surface area contributed by atoms with Crippen LogP contribution < -0.4 is 10.2 Å². The van der Waals surface area contributed by atoms with E-state index in [9.17, 15) is 4.79 Å². The van der Waals surface area contributed by atoms with E-state index in [2.05, 4.69) is 29.6 Å². The van der Waals surface area contributed by atoms with Gasteiger partial charge in [0.05, 0.1) is 6.04 Å². The fourth-order valence-electron chi connectivity index (χ4n) is 2.64. The molecule has 3 nitrogen and oxygen atoms in total. The van der Waals surface area contributed by atoms with E-state index in [1.807, 2.05) is 7.05 Å². The molecule has 1 aromatic rings. The number of hydrogen-bond acceptors (Lipinski definition) is 2. The van der Waals surface area contributed by atoms with Gasteiger partial charge in [-0.15, -0.1) is 0 Å². The van der Waals surface area contributed by atoms with Crippen molar-refractivity contribution in [3.63, 3.8) is 0 Å². The second kappa shape index (κ2) is 4.73. The lowest BCUT2D eigenvalue weighted by atomic mass is 10.1. The third-order valence-electron chi connectivity index (χ3n) is 4.02. The summed E-state index contributed by atoms with van der Waals surface area (Å²) in [5, 5.41) is 3.26. The predicted molar refractivity (Wildman–Crippen MR) is 72.9 cm³/mol. The van der Waals surface area contributed by atoms with Gasteiger partial charge in [0.1, 0.15) is 0 Å². The molecule has 2 fully saturated rings. The van der Waals surface area contributed by atoms with Crippen molar-refractivity contribution in [2.75, 3.05) is 18.5 Å². The van der Waals surface area contributed by atoms with Crippen LogP contribution in [-0.4, -0.2) is 25.5 Å². The van der Waals surface area contributed by atoms with Crippen molar-refractivity contribution in [2.45, 2.75) is 37.6 Å². The number of nitrogens with one attached hydrogen (secondary N) is 1. The quantitative estimate of drug-likeness (QED) is 0.884. The van der Waals surface area contributed by atoms with Crippen LogP contribution >= 0.6 is 0 Å². The van der Waals surface area contributed by atoms with Gasteiger partial charge in [0, 0.05) is 12.7 Å². The number of benzene rings is 1. The number of anilines is 1. The van der Waals surface area contributed by atoms with Gasteiger partial charge in [-0.2, -0.15) is 0 Å². The number of hydrogen-bond donors (Lipinski definition) is 1. The van der Waals surface area contributed by atoms with Gasteiger partial charge in [-0.05, 0) is 55.8 Å². The molecule has 1 saturated carbocycles. The van der Waals surface area contributed by atoms with E-state index in [-0.39, 0.29) is 11.9 Å². The largest absolute Gasteiger partial charge is 0.314 e. The number of carbonyl (C=O) groups is 1. The Labute approximate surface area is 108 Å². The third kappa shape index (κ3) is 2.27. The second-order valence-corrected chi connectivity index (χ2v) is 5.41. The van der Waals surface area contributed by atoms with E-state index < -0.39 is 0 Å². The molecule has 1 amide bonds. The van der Waals surface area contributed by atoms with Crippen LogP contribution in [0.2, 0.25) is 0 Å². The lowest BCUT2D eigenvalue weighted by Gasteiger charge is -2.21. The van der Waals surface area contributed by atoms with E-state index in [4.69, 9.17) is 0 Å². The van der Waals surface area contributed by atoms with Gasteiger partial charge in [-0.1, -0.05) is 12.1 Å². The van der Waals surface area contributed by atoms with Crippen LogP contribution in [0.25, 0.3) is 0 Å². The zero-order valence-corrected chi connectivity index (χ0v) is 10.9. The molecule has 1 heterocycles. The molecule has 96 valence electrons. The first kappa shape index (κ1) is 11.7. The van der Waals surface area contributed by atoms with Crippen molar-refractivity contribution in [3.8, 4) is 0 Å². The molecule has 3 rings (SSSR count). The normalized spacial score (nSPS) is 23.1. The number of rotatable bonds is 3. The summed E-state index contributed by atoms with van der Waals surface area (Å²) >= 11 is 0. The first-order valence-electron chi connectivity index (χ1n) is 6.86. The molecular weight excluding hydrogens is 224 g/mol. The highest BCUT2D eigenvalue weighted by Crippen LogP contribution is 2.40. The number of carbonyl (C=O) groups excluding carboxylic acids is 1. The number of nitrogens with zero attached hydrogens (tertiary/aromatic N) is 1. The molecule has 18 heavy (non-hydrogen) atoms. The summed E-state index contributed by atoms with van der Waals surface area (Å²) in [5.74, 6) is 0.961. The molecule has 1 unspecified atom stereocenters. The summed E-state index contributed by atoms with van der Waals surface area (Å²) in [6, 6.07) is 8.48. The zero-order valence-electron chi connectivity index (χ0n) is 10.9. The van der Waals surface area contributed by atoms with Crippen molar-refractivity contribution in [2.24, 2.45) is 0 Å². The van der Waals surface area contributed by atoms with E-state index in [0.717, 1.165) is 31.0 Å². The molecule has 0 aromatic heterocycles. The highest BCUT2D eigenvalue weighted by Gasteiger charge is 2.26. The van der Waals surface area contributed by atoms with Crippen LogP contribution in [0.1, 0.15) is 37.2 Å². The minimum absolute atomic E-state index is 0.0121. The molecule has 1 aliphatic carbocycles. The molecule has 1 N–H and O–H groups in total. The fraction of sp³-hybridized carbons (Fsp3) is 0.533. The number of likely N-dealkylation sites (N-methyl/N-ethyl adjacent to an activating group) is 1. The summed E-state index contributed by atoms with van der Waals surface area (Å²) in [4.78, 5) is 14.0. The van der Waals surface area contributed by atoms with Gasteiger partial charge in [0.15, 0.2) is 0 Å². The van der Waals surface area contributed by atoms with Crippen LogP contribution in [0.4, 0.5) is 5.69 Å². The Bertz CT molecular complexity index is 430. The van der Waals surface area contributed by atoms with Crippen LogP contribution in [0.5, 0.6) is 0 Å². The lowest BCUT2D eigenvalue weighted by molar-refractivity contribution is -0.119. The first-order chi connectivity index (χ1) is 8.75. The van der Waals surface area contributed by atoms with E-state index in [1.54, 1.807) is 4.90 Å². The SMILES string of the molecule is CN(C(=O)C1CCCN1)c1ccc(C2CC2)cc1. The summed E-state index contributed by atoms with van der Waals surface area (Å²) in [6.07, 6.45) is 4.70. The highest BCUT2D eigenvalue weighted by molar-refractivity contribution is 5.96. The Kier molecular flexibility index (Phi) is 3.08. The van der Waals surface area contributed by atoms with Crippen molar-refractivity contribution < 1.29 is 4.79 Å².